The highest BCUT2D eigenvalue weighted by Crippen LogP contribution is 2.48. The van der Waals surface area contributed by atoms with E-state index in [0.717, 1.165) is 32.1 Å². The molecule has 2 rings (SSSR count). The molecule has 2 aliphatic carbocycles. The van der Waals surface area contributed by atoms with Gasteiger partial charge in [0.25, 0.3) is 0 Å². The van der Waals surface area contributed by atoms with Crippen molar-refractivity contribution >= 4 is 11.6 Å². The first-order chi connectivity index (χ1) is 14.5. The van der Waals surface area contributed by atoms with Gasteiger partial charge in [-0.25, -0.2) is 0 Å². The van der Waals surface area contributed by atoms with Gasteiger partial charge in [0.2, 0.25) is 0 Å². The second-order valence-corrected chi connectivity index (χ2v) is 9.84. The predicted octanol–water partition coefficient (Wildman–Crippen LogP) is 5.54. The maximum Gasteiger partial charge on any atom is 0.163 e. The second kappa shape index (κ2) is 13.4. The Balaban J connectivity index is 1.70. The number of carbonyl (C=O) groups is 2. The fourth-order valence-corrected chi connectivity index (χ4v) is 5.30. The normalized spacial score (nSPS) is 24.3. The minimum absolute atomic E-state index is 0.155. The van der Waals surface area contributed by atoms with Crippen LogP contribution in [0.15, 0.2) is 12.2 Å². The lowest BCUT2D eigenvalue weighted by atomic mass is 9.64. The van der Waals surface area contributed by atoms with Crippen LogP contribution in [0.4, 0.5) is 0 Å². The fourth-order valence-electron chi connectivity index (χ4n) is 5.30. The Morgan fingerprint density at radius 2 is 1.93 bits per heavy atom. The van der Waals surface area contributed by atoms with Crippen LogP contribution in [-0.2, 0) is 9.59 Å². The van der Waals surface area contributed by atoms with Gasteiger partial charge in [0.15, 0.2) is 5.78 Å². The first kappa shape index (κ1) is 25.3. The zero-order chi connectivity index (χ0) is 21.8. The average molecular weight is 421 g/mol. The summed E-state index contributed by atoms with van der Waals surface area (Å²) in [6.07, 6.45) is 21.1. The summed E-state index contributed by atoms with van der Waals surface area (Å²) in [7, 11) is 0. The molecule has 0 amide bonds. The molecule has 3 atom stereocenters. The summed E-state index contributed by atoms with van der Waals surface area (Å²) in [6, 6.07) is 0. The molecule has 0 aromatic carbocycles. The highest BCUT2D eigenvalue weighted by Gasteiger charge is 2.36. The number of unbranched alkanes of at least 4 members (excludes halogenated alkanes) is 5. The Bertz CT molecular complexity index is 549. The van der Waals surface area contributed by atoms with Crippen molar-refractivity contribution in [2.75, 3.05) is 6.61 Å². The van der Waals surface area contributed by atoms with E-state index in [0.29, 0.717) is 30.0 Å². The van der Waals surface area contributed by atoms with Crippen LogP contribution in [-0.4, -0.2) is 34.5 Å². The molecule has 1 unspecified atom stereocenters. The number of allylic oxidation sites excluding steroid dienone is 2. The fraction of sp³-hybridized carbons (Fsp3) is 0.846. The molecule has 2 fully saturated rings. The average Bonchev–Trinajstić information content (AvgIpc) is 3.07. The van der Waals surface area contributed by atoms with Crippen molar-refractivity contribution in [1.29, 1.82) is 0 Å². The smallest absolute Gasteiger partial charge is 0.163 e. The van der Waals surface area contributed by atoms with Gasteiger partial charge in [-0.3, -0.25) is 9.59 Å². The van der Waals surface area contributed by atoms with Crippen molar-refractivity contribution < 1.29 is 19.8 Å². The van der Waals surface area contributed by atoms with Gasteiger partial charge in [-0.15, -0.1) is 0 Å². The zero-order valence-corrected chi connectivity index (χ0v) is 19.1. The third-order valence-corrected chi connectivity index (χ3v) is 7.55. The van der Waals surface area contributed by atoms with Crippen LogP contribution in [0.3, 0.4) is 0 Å². The van der Waals surface area contributed by atoms with E-state index in [9.17, 15) is 14.7 Å². The van der Waals surface area contributed by atoms with Crippen LogP contribution in [0, 0.1) is 17.3 Å². The molecule has 30 heavy (non-hydrogen) atoms. The summed E-state index contributed by atoms with van der Waals surface area (Å²) in [4.78, 5) is 23.9. The lowest BCUT2D eigenvalue weighted by Gasteiger charge is -2.42. The number of aliphatic hydroxyl groups excluding tert-OH is 2. The van der Waals surface area contributed by atoms with Crippen LogP contribution in [0.2, 0.25) is 0 Å². The molecule has 2 saturated carbocycles. The molecule has 0 aliphatic heterocycles. The monoisotopic (exact) mass is 420 g/mol. The highest BCUT2D eigenvalue weighted by molar-refractivity contribution is 5.83. The molecule has 0 bridgehead atoms. The Morgan fingerprint density at radius 1 is 1.17 bits per heavy atom. The van der Waals surface area contributed by atoms with Crippen LogP contribution in [0.25, 0.3) is 0 Å². The van der Waals surface area contributed by atoms with Gasteiger partial charge in [-0.05, 0) is 56.3 Å². The number of hydrogen-bond acceptors (Lipinski definition) is 4. The quantitative estimate of drug-likeness (QED) is 0.254. The van der Waals surface area contributed by atoms with E-state index in [2.05, 4.69) is 19.1 Å². The number of aliphatic hydroxyl groups is 2. The Hall–Kier alpha value is -1.00. The summed E-state index contributed by atoms with van der Waals surface area (Å²) in [5.41, 5.74) is 0.550. The minimum atomic E-state index is -1.23. The van der Waals surface area contributed by atoms with E-state index < -0.39 is 12.7 Å². The number of rotatable bonds is 16. The summed E-state index contributed by atoms with van der Waals surface area (Å²) < 4.78 is 0. The first-order valence-corrected chi connectivity index (χ1v) is 12.5. The topological polar surface area (TPSA) is 74.6 Å². The van der Waals surface area contributed by atoms with Gasteiger partial charge in [0, 0.05) is 18.8 Å². The highest BCUT2D eigenvalue weighted by atomic mass is 16.3. The van der Waals surface area contributed by atoms with E-state index in [1.165, 1.54) is 57.8 Å². The standard InChI is InChI=1S/C26H44O4/c1-2-3-4-8-16-26(18-10-19-26)17-9-11-21-14-15-23(28)22(21)12-6-5-7-13-24(29)25(30)20-27/h9,11,21-22,25,27,30H,2-8,10,12-20H2,1H3/t21-,22+,25?/m0/s1. The molecule has 172 valence electrons. The molecular weight excluding hydrogens is 376 g/mol. The van der Waals surface area contributed by atoms with Gasteiger partial charge in [0.05, 0.1) is 6.61 Å². The molecule has 0 heterocycles. The molecular formula is C26H44O4. The lowest BCUT2D eigenvalue weighted by Crippen LogP contribution is -2.28. The zero-order valence-electron chi connectivity index (χ0n) is 19.1. The molecule has 0 saturated heterocycles. The van der Waals surface area contributed by atoms with Crippen molar-refractivity contribution in [3.05, 3.63) is 12.2 Å². The number of Topliss-reactive ketones (excluding diaryl/α,β-unsaturated/α-hetero) is 2. The Kier molecular flexibility index (Phi) is 11.3. The maximum absolute atomic E-state index is 12.4. The molecule has 0 aromatic heterocycles. The Labute approximate surface area is 183 Å². The van der Waals surface area contributed by atoms with Crippen molar-refractivity contribution in [1.82, 2.24) is 0 Å². The van der Waals surface area contributed by atoms with Crippen molar-refractivity contribution in [2.45, 2.75) is 116 Å². The number of ketones is 2. The molecule has 4 nitrogen and oxygen atoms in total. The largest absolute Gasteiger partial charge is 0.393 e. The van der Waals surface area contributed by atoms with Crippen LogP contribution >= 0.6 is 0 Å². The third kappa shape index (κ3) is 7.92. The van der Waals surface area contributed by atoms with Gasteiger partial charge in [0.1, 0.15) is 11.9 Å². The van der Waals surface area contributed by atoms with Gasteiger partial charge < -0.3 is 10.2 Å². The summed E-state index contributed by atoms with van der Waals surface area (Å²) in [5, 5.41) is 18.1. The molecule has 0 spiro atoms. The summed E-state index contributed by atoms with van der Waals surface area (Å²) >= 11 is 0. The van der Waals surface area contributed by atoms with Gasteiger partial charge in [-0.1, -0.05) is 64.0 Å². The maximum atomic E-state index is 12.4. The molecule has 2 aliphatic rings. The molecule has 4 heteroatoms. The summed E-state index contributed by atoms with van der Waals surface area (Å²) in [5.74, 6) is 0.679. The van der Waals surface area contributed by atoms with Crippen molar-refractivity contribution in [3.63, 3.8) is 0 Å². The second-order valence-electron chi connectivity index (χ2n) is 9.84. The Morgan fingerprint density at radius 3 is 2.60 bits per heavy atom. The number of hydrogen-bond donors (Lipinski definition) is 2. The summed E-state index contributed by atoms with van der Waals surface area (Å²) in [6.45, 7) is 1.77. The minimum Gasteiger partial charge on any atom is -0.393 e. The van der Waals surface area contributed by atoms with Gasteiger partial charge >= 0.3 is 0 Å². The molecule has 0 radical (unpaired) electrons. The van der Waals surface area contributed by atoms with E-state index in [1.54, 1.807) is 0 Å². The van der Waals surface area contributed by atoms with Crippen molar-refractivity contribution in [2.24, 2.45) is 17.3 Å². The van der Waals surface area contributed by atoms with E-state index in [4.69, 9.17) is 5.11 Å². The predicted molar refractivity (Wildman–Crippen MR) is 121 cm³/mol. The molecule has 2 N–H and O–H groups in total. The number of carbonyl (C=O) groups excluding carboxylic acids is 2. The van der Waals surface area contributed by atoms with E-state index in [1.807, 2.05) is 0 Å². The lowest BCUT2D eigenvalue weighted by molar-refractivity contribution is -0.129. The van der Waals surface area contributed by atoms with Crippen LogP contribution in [0.5, 0.6) is 0 Å². The van der Waals surface area contributed by atoms with E-state index in [-0.39, 0.29) is 11.7 Å². The van der Waals surface area contributed by atoms with Crippen LogP contribution in [0.1, 0.15) is 110 Å². The third-order valence-electron chi connectivity index (χ3n) is 7.55. The molecule has 0 aromatic rings. The van der Waals surface area contributed by atoms with Crippen molar-refractivity contribution in [3.8, 4) is 0 Å². The van der Waals surface area contributed by atoms with Gasteiger partial charge in [-0.2, -0.15) is 0 Å². The first-order valence-electron chi connectivity index (χ1n) is 12.5. The SMILES string of the molecule is CCCCCCC1(CC=C[C@H]2CCC(=O)[C@@H]2CCCCCC(=O)C(O)CO)CCC1. The van der Waals surface area contributed by atoms with E-state index >= 15 is 0 Å². The van der Waals surface area contributed by atoms with Crippen LogP contribution < -0.4 is 0 Å².